The highest BCUT2D eigenvalue weighted by Gasteiger charge is 2.61. The van der Waals surface area contributed by atoms with Gasteiger partial charge in [-0.1, -0.05) is 42.5 Å². The highest BCUT2D eigenvalue weighted by Crippen LogP contribution is 2.41. The molecule has 0 bridgehead atoms. The smallest absolute Gasteiger partial charge is 0.293 e. The quantitative estimate of drug-likeness (QED) is 0.577. The number of fused-ring (bicyclic) bond motifs is 1. The molecule has 1 nitrogen and oxygen atoms in total. The Kier molecular flexibility index (Phi) is 3.69. The van der Waals surface area contributed by atoms with Gasteiger partial charge in [0.2, 0.25) is 5.92 Å². The average molecular weight is 306 g/mol. The molecule has 2 aromatic carbocycles. The summed E-state index contributed by atoms with van der Waals surface area (Å²) in [7, 11) is 0. The normalized spacial score (nSPS) is 12.9. The van der Waals surface area contributed by atoms with Crippen LogP contribution in [0.15, 0.2) is 42.5 Å². The predicted molar refractivity (Wildman–Crippen MR) is 63.9 cm³/mol. The first-order chi connectivity index (χ1) is 9.62. The van der Waals surface area contributed by atoms with Gasteiger partial charge in [-0.2, -0.15) is 26.3 Å². The molecule has 21 heavy (non-hydrogen) atoms. The van der Waals surface area contributed by atoms with Crippen molar-refractivity contribution in [2.24, 2.45) is 5.92 Å². The first-order valence-electron chi connectivity index (χ1n) is 5.78. The van der Waals surface area contributed by atoms with E-state index in [9.17, 15) is 31.1 Å². The standard InChI is InChI=1S/C14H8F6O/c15-13(16,17)12(14(18,19)20)11(21)10-7-3-5-8-4-1-2-6-9(8)10/h1-7,12H. The van der Waals surface area contributed by atoms with E-state index < -0.39 is 29.6 Å². The van der Waals surface area contributed by atoms with E-state index >= 15 is 0 Å². The number of carbonyl (C=O) groups is 1. The number of ketones is 1. The third-order valence-corrected chi connectivity index (χ3v) is 2.97. The molecule has 0 aromatic heterocycles. The van der Waals surface area contributed by atoms with E-state index in [4.69, 9.17) is 0 Å². The lowest BCUT2D eigenvalue weighted by molar-refractivity contribution is -0.264. The molecule has 0 N–H and O–H groups in total. The first-order valence-corrected chi connectivity index (χ1v) is 5.78. The lowest BCUT2D eigenvalue weighted by Crippen LogP contribution is -2.42. The van der Waals surface area contributed by atoms with Crippen LogP contribution < -0.4 is 0 Å². The maximum absolute atomic E-state index is 12.6. The molecule has 0 fully saturated rings. The molecule has 0 unspecified atom stereocenters. The second-order valence-corrected chi connectivity index (χ2v) is 4.41. The van der Waals surface area contributed by atoms with Crippen LogP contribution in [0.2, 0.25) is 0 Å². The van der Waals surface area contributed by atoms with Gasteiger partial charge in [-0.25, -0.2) is 0 Å². The fraction of sp³-hybridized carbons (Fsp3) is 0.214. The van der Waals surface area contributed by atoms with Gasteiger partial charge < -0.3 is 0 Å². The fourth-order valence-corrected chi connectivity index (χ4v) is 2.08. The Morgan fingerprint density at radius 1 is 0.810 bits per heavy atom. The topological polar surface area (TPSA) is 17.1 Å². The maximum Gasteiger partial charge on any atom is 0.407 e. The van der Waals surface area contributed by atoms with E-state index in [-0.39, 0.29) is 5.39 Å². The molecule has 0 atom stereocenters. The van der Waals surface area contributed by atoms with Crippen molar-refractivity contribution in [2.45, 2.75) is 12.4 Å². The molecule has 112 valence electrons. The van der Waals surface area contributed by atoms with Gasteiger partial charge >= 0.3 is 12.4 Å². The van der Waals surface area contributed by atoms with Crippen molar-refractivity contribution in [3.63, 3.8) is 0 Å². The number of hydrogen-bond acceptors (Lipinski definition) is 1. The molecule has 0 aliphatic rings. The molecule has 0 radical (unpaired) electrons. The summed E-state index contributed by atoms with van der Waals surface area (Å²) >= 11 is 0. The SMILES string of the molecule is O=C(c1cccc2ccccc12)C(C(F)(F)F)C(F)(F)F. The Bertz CT molecular complexity index is 652. The van der Waals surface area contributed by atoms with Crippen molar-refractivity contribution in [1.82, 2.24) is 0 Å². The molecular formula is C14H8F6O. The Balaban J connectivity index is 2.60. The Morgan fingerprint density at radius 2 is 1.33 bits per heavy atom. The van der Waals surface area contributed by atoms with E-state index in [1.54, 1.807) is 6.07 Å². The molecule has 2 aromatic rings. The van der Waals surface area contributed by atoms with Gasteiger partial charge in [0.25, 0.3) is 0 Å². The van der Waals surface area contributed by atoms with Crippen molar-refractivity contribution >= 4 is 16.6 Å². The molecule has 0 amide bonds. The van der Waals surface area contributed by atoms with Crippen molar-refractivity contribution in [3.05, 3.63) is 48.0 Å². The summed E-state index contributed by atoms with van der Waals surface area (Å²) in [5, 5.41) is 0.454. The Labute approximate surface area is 115 Å². The van der Waals surface area contributed by atoms with Gasteiger partial charge in [-0.15, -0.1) is 0 Å². The first kappa shape index (κ1) is 15.3. The molecule has 2 rings (SSSR count). The number of halogens is 6. The summed E-state index contributed by atoms with van der Waals surface area (Å²) in [5.41, 5.74) is -0.590. The average Bonchev–Trinajstić information content (AvgIpc) is 2.34. The second-order valence-electron chi connectivity index (χ2n) is 4.41. The Morgan fingerprint density at radius 3 is 1.90 bits per heavy atom. The van der Waals surface area contributed by atoms with Crippen molar-refractivity contribution in [3.8, 4) is 0 Å². The molecule has 0 heterocycles. The van der Waals surface area contributed by atoms with Crippen LogP contribution in [0.4, 0.5) is 26.3 Å². The molecule has 0 saturated heterocycles. The number of carbonyl (C=O) groups excluding carboxylic acids is 1. The summed E-state index contributed by atoms with van der Waals surface area (Å²) in [6.07, 6.45) is -11.4. The number of benzene rings is 2. The lowest BCUT2D eigenvalue weighted by atomic mass is 9.92. The van der Waals surface area contributed by atoms with E-state index in [2.05, 4.69) is 0 Å². The summed E-state index contributed by atoms with van der Waals surface area (Å²) in [6.45, 7) is 0. The molecule has 0 spiro atoms. The zero-order valence-electron chi connectivity index (χ0n) is 10.3. The van der Waals surface area contributed by atoms with Crippen LogP contribution in [0.5, 0.6) is 0 Å². The lowest BCUT2D eigenvalue weighted by Gasteiger charge is -2.22. The minimum atomic E-state index is -5.69. The summed E-state index contributed by atoms with van der Waals surface area (Å²) in [6, 6.07) is 9.54. The van der Waals surface area contributed by atoms with Crippen LogP contribution in [-0.4, -0.2) is 18.1 Å². The zero-order chi connectivity index (χ0) is 15.8. The second kappa shape index (κ2) is 5.05. The van der Waals surface area contributed by atoms with Crippen LogP contribution in [0.3, 0.4) is 0 Å². The molecule has 0 aliphatic carbocycles. The van der Waals surface area contributed by atoms with Crippen LogP contribution in [-0.2, 0) is 0 Å². The molecule has 7 heteroatoms. The summed E-state index contributed by atoms with van der Waals surface area (Å²) in [4.78, 5) is 11.8. The van der Waals surface area contributed by atoms with Gasteiger partial charge in [-0.3, -0.25) is 4.79 Å². The Hall–Kier alpha value is -2.05. The number of Topliss-reactive ketones (excluding diaryl/α,β-unsaturated/α-hetero) is 1. The third-order valence-electron chi connectivity index (χ3n) is 2.97. The van der Waals surface area contributed by atoms with Crippen molar-refractivity contribution in [1.29, 1.82) is 0 Å². The zero-order valence-corrected chi connectivity index (χ0v) is 10.3. The van der Waals surface area contributed by atoms with E-state index in [1.165, 1.54) is 30.3 Å². The van der Waals surface area contributed by atoms with Crippen LogP contribution in [0.1, 0.15) is 10.4 Å². The summed E-state index contributed by atoms with van der Waals surface area (Å²) < 4.78 is 75.7. The minimum Gasteiger partial charge on any atom is -0.293 e. The van der Waals surface area contributed by atoms with Gasteiger partial charge in [-0.05, 0) is 10.8 Å². The van der Waals surface area contributed by atoms with Gasteiger partial charge in [0.15, 0.2) is 5.78 Å². The highest BCUT2D eigenvalue weighted by molar-refractivity contribution is 6.09. The monoisotopic (exact) mass is 306 g/mol. The fourth-order valence-electron chi connectivity index (χ4n) is 2.08. The van der Waals surface area contributed by atoms with Crippen molar-refractivity contribution < 1.29 is 31.1 Å². The third kappa shape index (κ3) is 3.01. The van der Waals surface area contributed by atoms with Crippen LogP contribution in [0, 0.1) is 5.92 Å². The maximum atomic E-state index is 12.6. The van der Waals surface area contributed by atoms with E-state index in [0.717, 1.165) is 6.07 Å². The predicted octanol–water partition coefficient (Wildman–Crippen LogP) is 4.76. The van der Waals surface area contributed by atoms with Gasteiger partial charge in [0.1, 0.15) is 0 Å². The highest BCUT2D eigenvalue weighted by atomic mass is 19.4. The van der Waals surface area contributed by atoms with E-state index in [1.807, 2.05) is 0 Å². The number of alkyl halides is 6. The van der Waals surface area contributed by atoms with Crippen LogP contribution >= 0.6 is 0 Å². The minimum absolute atomic E-state index is 0.0588. The number of hydrogen-bond donors (Lipinski definition) is 0. The largest absolute Gasteiger partial charge is 0.407 e. The van der Waals surface area contributed by atoms with Crippen LogP contribution in [0.25, 0.3) is 10.8 Å². The molecule has 0 saturated carbocycles. The number of rotatable bonds is 2. The van der Waals surface area contributed by atoms with Gasteiger partial charge in [0, 0.05) is 5.56 Å². The van der Waals surface area contributed by atoms with E-state index in [0.29, 0.717) is 5.39 Å². The summed E-state index contributed by atoms with van der Waals surface area (Å²) in [5.74, 6) is -6.01. The molecule has 0 aliphatic heterocycles. The van der Waals surface area contributed by atoms with Gasteiger partial charge in [0.05, 0.1) is 0 Å². The molecular weight excluding hydrogens is 298 g/mol. The van der Waals surface area contributed by atoms with Crippen molar-refractivity contribution in [2.75, 3.05) is 0 Å².